The molecule has 3 aromatic carbocycles. The summed E-state index contributed by atoms with van der Waals surface area (Å²) in [5.41, 5.74) is 3.64. The number of rotatable bonds is 4. The number of hydrogen-bond acceptors (Lipinski definition) is 9. The van der Waals surface area contributed by atoms with Gasteiger partial charge >= 0.3 is 5.76 Å². The lowest BCUT2D eigenvalue weighted by molar-refractivity contribution is 0.0681. The first-order valence-electron chi connectivity index (χ1n) is 15.5. The number of H-pyrrole nitrogens is 2. The molecular weight excluding hydrogens is 634 g/mol. The van der Waals surface area contributed by atoms with Gasteiger partial charge in [-0.1, -0.05) is 31.1 Å². The summed E-state index contributed by atoms with van der Waals surface area (Å²) in [6, 6.07) is 18.0. The monoisotopic (exact) mass is 666 g/mol. The number of nitrogens with zero attached hydrogens (tertiary/aromatic N) is 4. The van der Waals surface area contributed by atoms with Gasteiger partial charge in [-0.15, -0.1) is 0 Å². The van der Waals surface area contributed by atoms with Crippen LogP contribution in [0.1, 0.15) is 44.1 Å². The SMILES string of the molecule is CC1(C)CCOC1.CC1Oc2cccc(-c3cc(F)c(Cc4nc5ccc(-c6noc(=O)[nH]6)cc5[nH]4)cc3F)c2O1.N#Cc1cccnc1. The van der Waals surface area contributed by atoms with E-state index in [4.69, 9.17) is 19.5 Å². The molecule has 1 saturated heterocycles. The van der Waals surface area contributed by atoms with E-state index in [1.807, 2.05) is 6.07 Å². The van der Waals surface area contributed by atoms with Gasteiger partial charge in [-0.3, -0.25) is 14.5 Å². The van der Waals surface area contributed by atoms with Crippen molar-refractivity contribution in [2.24, 2.45) is 5.41 Å². The number of imidazole rings is 1. The summed E-state index contributed by atoms with van der Waals surface area (Å²) < 4.78 is 51.0. The maximum Gasteiger partial charge on any atom is 0.439 e. The molecule has 11 nitrogen and oxygen atoms in total. The maximum atomic E-state index is 15.1. The van der Waals surface area contributed by atoms with Crippen LogP contribution in [0.3, 0.4) is 0 Å². The molecule has 49 heavy (non-hydrogen) atoms. The Morgan fingerprint density at radius 1 is 1.02 bits per heavy atom. The van der Waals surface area contributed by atoms with Crippen LogP contribution in [0.2, 0.25) is 0 Å². The minimum absolute atomic E-state index is 0.0530. The average Bonchev–Trinajstić information content (AvgIpc) is 3.89. The lowest BCUT2D eigenvalue weighted by Crippen LogP contribution is -2.11. The van der Waals surface area contributed by atoms with Gasteiger partial charge in [0, 0.05) is 49.0 Å². The molecule has 6 aromatic rings. The van der Waals surface area contributed by atoms with Gasteiger partial charge in [0.2, 0.25) is 6.29 Å². The van der Waals surface area contributed by atoms with Gasteiger partial charge in [-0.25, -0.2) is 18.6 Å². The van der Waals surface area contributed by atoms with Crippen LogP contribution in [0.5, 0.6) is 11.5 Å². The van der Waals surface area contributed by atoms with Crippen LogP contribution in [0.15, 0.2) is 82.4 Å². The fourth-order valence-electron chi connectivity index (χ4n) is 5.27. The van der Waals surface area contributed by atoms with E-state index in [9.17, 15) is 4.79 Å². The summed E-state index contributed by atoms with van der Waals surface area (Å²) in [6.07, 6.45) is 3.95. The number of hydrogen-bond donors (Lipinski definition) is 2. The molecule has 1 unspecified atom stereocenters. The van der Waals surface area contributed by atoms with Crippen molar-refractivity contribution in [3.8, 4) is 40.1 Å². The van der Waals surface area contributed by atoms with Gasteiger partial charge in [0.25, 0.3) is 0 Å². The summed E-state index contributed by atoms with van der Waals surface area (Å²) in [6.45, 7) is 8.12. The smallest absolute Gasteiger partial charge is 0.439 e. The number of benzene rings is 3. The van der Waals surface area contributed by atoms with E-state index >= 15 is 8.78 Å². The number of fused-ring (bicyclic) bond motifs is 2. The number of nitrogens with one attached hydrogen (secondary N) is 2. The van der Waals surface area contributed by atoms with Gasteiger partial charge < -0.3 is 19.2 Å². The Hall–Kier alpha value is -5.87. The molecule has 0 aliphatic carbocycles. The number of halogens is 2. The van der Waals surface area contributed by atoms with Crippen LogP contribution in [-0.4, -0.2) is 44.6 Å². The Morgan fingerprint density at radius 3 is 2.53 bits per heavy atom. The zero-order chi connectivity index (χ0) is 34.5. The van der Waals surface area contributed by atoms with Gasteiger partial charge in [0.05, 0.1) is 23.2 Å². The third-order valence-corrected chi connectivity index (χ3v) is 7.79. The third kappa shape index (κ3) is 7.82. The zero-order valence-corrected chi connectivity index (χ0v) is 26.9. The highest BCUT2D eigenvalue weighted by Gasteiger charge is 2.26. The number of para-hydroxylation sites is 1. The first-order chi connectivity index (χ1) is 23.6. The van der Waals surface area contributed by atoms with Crippen molar-refractivity contribution in [1.29, 1.82) is 5.26 Å². The minimum Gasteiger partial charge on any atom is -0.451 e. The molecule has 5 heterocycles. The lowest BCUT2D eigenvalue weighted by Gasteiger charge is -2.11. The quantitative estimate of drug-likeness (QED) is 0.204. The maximum absolute atomic E-state index is 15.1. The molecule has 1 fully saturated rings. The van der Waals surface area contributed by atoms with Gasteiger partial charge in [0.1, 0.15) is 23.5 Å². The lowest BCUT2D eigenvalue weighted by atomic mass is 9.94. The fraction of sp³-hybridized carbons (Fsp3) is 0.250. The van der Waals surface area contributed by atoms with E-state index in [1.54, 1.807) is 61.7 Å². The molecule has 0 amide bonds. The van der Waals surface area contributed by atoms with Crippen molar-refractivity contribution in [1.82, 2.24) is 25.1 Å². The minimum atomic E-state index is -0.657. The number of nitriles is 1. The molecule has 0 radical (unpaired) electrons. The van der Waals surface area contributed by atoms with E-state index in [-0.39, 0.29) is 23.4 Å². The highest BCUT2D eigenvalue weighted by Crippen LogP contribution is 2.44. The highest BCUT2D eigenvalue weighted by molar-refractivity contribution is 5.80. The highest BCUT2D eigenvalue weighted by atomic mass is 19.1. The van der Waals surface area contributed by atoms with Crippen molar-refractivity contribution >= 4 is 11.0 Å². The van der Waals surface area contributed by atoms with Crippen LogP contribution < -0.4 is 15.2 Å². The van der Waals surface area contributed by atoms with Crippen molar-refractivity contribution in [2.75, 3.05) is 13.2 Å². The Balaban J connectivity index is 0.000000228. The summed E-state index contributed by atoms with van der Waals surface area (Å²) in [4.78, 5) is 25.0. The van der Waals surface area contributed by atoms with E-state index < -0.39 is 23.7 Å². The molecule has 250 valence electrons. The summed E-state index contributed by atoms with van der Waals surface area (Å²) in [5.74, 6) is -0.187. The van der Waals surface area contributed by atoms with Gasteiger partial charge in [-0.2, -0.15) is 5.26 Å². The number of aromatic amines is 2. The van der Waals surface area contributed by atoms with Crippen molar-refractivity contribution < 1.29 is 27.5 Å². The predicted octanol–water partition coefficient (Wildman–Crippen LogP) is 6.95. The Bertz CT molecular complexity index is 2180. The number of aromatic nitrogens is 5. The normalized spacial score (nSPS) is 15.6. The van der Waals surface area contributed by atoms with E-state index in [0.29, 0.717) is 50.5 Å². The Morgan fingerprint density at radius 2 is 1.88 bits per heavy atom. The molecule has 8 rings (SSSR count). The number of ether oxygens (including phenoxy) is 3. The van der Waals surface area contributed by atoms with Crippen LogP contribution in [0.25, 0.3) is 33.5 Å². The summed E-state index contributed by atoms with van der Waals surface area (Å²) in [7, 11) is 0. The topological polar surface area (TPSA) is 152 Å². The second kappa shape index (κ2) is 14.1. The van der Waals surface area contributed by atoms with Crippen LogP contribution in [0, 0.1) is 28.4 Å². The molecule has 2 aliphatic heterocycles. The predicted molar refractivity (Wildman–Crippen MR) is 176 cm³/mol. The van der Waals surface area contributed by atoms with Gasteiger partial charge in [-0.05, 0) is 65.9 Å². The molecule has 13 heteroatoms. The third-order valence-electron chi connectivity index (χ3n) is 7.79. The first-order valence-corrected chi connectivity index (χ1v) is 15.5. The van der Waals surface area contributed by atoms with Crippen molar-refractivity contribution in [2.45, 2.75) is 39.9 Å². The number of pyridine rings is 1. The second-order valence-corrected chi connectivity index (χ2v) is 12.2. The standard InChI is InChI=1S/C24H16F2N4O4.C6H4N2.C6H12O/c1-11-32-20-4-2-3-14(22(20)33-11)15-10-16(25)13(7-17(15)26)9-21-27-18-6-5-12(8-19(18)28-21)23-29-24(31)34-30-23;7-4-6-2-1-3-8-5-6;1-6(2)3-4-7-5-6/h2-8,10-11H,9H2,1H3,(H,27,28)(H,29,30,31);1-3,5H;3-5H2,1-2H3. The average molecular weight is 667 g/mol. The first kappa shape index (κ1) is 33.0. The molecule has 2 N–H and O–H groups in total. The molecule has 3 aromatic heterocycles. The van der Waals surface area contributed by atoms with E-state index in [2.05, 4.69) is 43.5 Å². The Kier molecular flexibility index (Phi) is 9.50. The van der Waals surface area contributed by atoms with E-state index in [1.165, 1.54) is 18.7 Å². The molecule has 1 atom stereocenters. The molecule has 0 spiro atoms. The molecule has 0 bridgehead atoms. The molecule has 0 saturated carbocycles. The van der Waals surface area contributed by atoms with Gasteiger partial charge in [0.15, 0.2) is 17.3 Å². The zero-order valence-electron chi connectivity index (χ0n) is 26.9. The van der Waals surface area contributed by atoms with E-state index in [0.717, 1.165) is 19.3 Å². The van der Waals surface area contributed by atoms with Crippen LogP contribution >= 0.6 is 0 Å². The van der Waals surface area contributed by atoms with Crippen LogP contribution in [-0.2, 0) is 11.2 Å². The largest absolute Gasteiger partial charge is 0.451 e. The summed E-state index contributed by atoms with van der Waals surface area (Å²) in [5, 5.41) is 11.9. The van der Waals surface area contributed by atoms with Crippen LogP contribution in [0.4, 0.5) is 8.78 Å². The fourth-order valence-corrected chi connectivity index (χ4v) is 5.27. The molecule has 2 aliphatic rings. The second-order valence-electron chi connectivity index (χ2n) is 12.2. The van der Waals surface area contributed by atoms with Crippen molar-refractivity contribution in [3.05, 3.63) is 112 Å². The van der Waals surface area contributed by atoms with Crippen molar-refractivity contribution in [3.63, 3.8) is 0 Å². The molecular formula is C36H32F2N6O5. The Labute approximate surface area is 279 Å². The summed E-state index contributed by atoms with van der Waals surface area (Å²) >= 11 is 0.